The molecule has 2 aliphatic rings. The zero-order valence-corrected chi connectivity index (χ0v) is 35.7. The van der Waals surface area contributed by atoms with Crippen molar-refractivity contribution >= 4 is 27.7 Å². The number of pyridine rings is 1. The standard InChI is InChI=1S/C46H49N5O2.Pt/c1-27-21-30-26-46(44(9,10)11)45(12,35(30)22-28(27)2)50-40(53-46)29-17-19-47-39(23-29)52-32-14-15-33-34-24-31(42(3,4)5)13-16-36(34)51(37(33)25-32)41-48-20-18-38(49-41)43(6,7)8;/h13-22,24H,26H2,1-12H3;/q-2;+2/t45-,46-;/m1./s1. The number of hydrogen-bond donors (Lipinski definition) is 0. The molecule has 0 spiro atoms. The molecule has 3 aromatic heterocycles. The van der Waals surface area contributed by atoms with Gasteiger partial charge < -0.3 is 14.0 Å². The number of aromatic nitrogens is 4. The molecule has 0 amide bonds. The van der Waals surface area contributed by atoms with E-state index >= 15 is 0 Å². The van der Waals surface area contributed by atoms with Gasteiger partial charge in [-0.05, 0) is 77.7 Å². The molecule has 1 aliphatic heterocycles. The summed E-state index contributed by atoms with van der Waals surface area (Å²) in [6, 6.07) is 26.1. The van der Waals surface area contributed by atoms with Gasteiger partial charge in [0.25, 0.3) is 0 Å². The first kappa shape index (κ1) is 37.9. The maximum Gasteiger partial charge on any atom is 2.00 e. The van der Waals surface area contributed by atoms with Gasteiger partial charge in [-0.3, -0.25) is 4.99 Å². The molecule has 8 heteroatoms. The van der Waals surface area contributed by atoms with Crippen LogP contribution in [0.2, 0.25) is 0 Å². The fraction of sp³-hybridized carbons (Fsp3) is 0.391. The molecule has 7 nitrogen and oxygen atoms in total. The van der Waals surface area contributed by atoms with Gasteiger partial charge in [0.05, 0.1) is 5.69 Å². The second-order valence-electron chi connectivity index (χ2n) is 18.2. The first-order valence-electron chi connectivity index (χ1n) is 18.6. The quantitative estimate of drug-likeness (QED) is 0.165. The minimum atomic E-state index is -0.558. The summed E-state index contributed by atoms with van der Waals surface area (Å²) in [5, 5.41) is 2.16. The molecule has 0 N–H and O–H groups in total. The predicted molar refractivity (Wildman–Crippen MR) is 213 cm³/mol. The van der Waals surface area contributed by atoms with E-state index in [1.165, 1.54) is 27.8 Å². The van der Waals surface area contributed by atoms with E-state index in [4.69, 9.17) is 24.4 Å². The van der Waals surface area contributed by atoms with Crippen molar-refractivity contribution in [3.63, 3.8) is 0 Å². The monoisotopic (exact) mass is 898 g/mol. The third kappa shape index (κ3) is 5.89. The number of benzene rings is 3. The van der Waals surface area contributed by atoms with Crippen molar-refractivity contribution < 1.29 is 30.5 Å². The van der Waals surface area contributed by atoms with Gasteiger partial charge in [0.2, 0.25) is 5.95 Å². The molecule has 1 aliphatic carbocycles. The summed E-state index contributed by atoms with van der Waals surface area (Å²) in [4.78, 5) is 19.7. The van der Waals surface area contributed by atoms with E-state index in [9.17, 15) is 0 Å². The van der Waals surface area contributed by atoms with Crippen LogP contribution < -0.4 is 4.74 Å². The third-order valence-electron chi connectivity index (χ3n) is 11.5. The molecule has 6 aromatic rings. The Morgan fingerprint density at radius 2 is 1.52 bits per heavy atom. The van der Waals surface area contributed by atoms with Gasteiger partial charge in [-0.25, -0.2) is 15.0 Å². The van der Waals surface area contributed by atoms with Gasteiger partial charge >= 0.3 is 21.1 Å². The van der Waals surface area contributed by atoms with E-state index < -0.39 is 11.1 Å². The maximum atomic E-state index is 7.03. The first-order valence-corrected chi connectivity index (χ1v) is 18.6. The average molecular weight is 899 g/mol. The Balaban J connectivity index is 0.00000450. The molecule has 0 radical (unpaired) electrons. The molecule has 2 atom stereocenters. The summed E-state index contributed by atoms with van der Waals surface area (Å²) in [6.45, 7) is 26.5. The Morgan fingerprint density at radius 3 is 2.22 bits per heavy atom. The first-order chi connectivity index (χ1) is 24.8. The zero-order chi connectivity index (χ0) is 37.9. The number of ether oxygens (including phenoxy) is 2. The molecule has 54 heavy (non-hydrogen) atoms. The molecular weight excluding hydrogens is 850 g/mol. The number of hydrogen-bond acceptors (Lipinski definition) is 6. The number of aryl methyl sites for hydroxylation is 2. The van der Waals surface area contributed by atoms with Crippen molar-refractivity contribution in [2.24, 2.45) is 10.4 Å². The zero-order valence-electron chi connectivity index (χ0n) is 33.4. The smallest absolute Gasteiger partial charge is 0.525 e. The van der Waals surface area contributed by atoms with Gasteiger partial charge in [-0.15, -0.1) is 35.2 Å². The van der Waals surface area contributed by atoms with E-state index in [2.05, 4.69) is 141 Å². The number of aliphatic imine (C=N–C) groups is 1. The van der Waals surface area contributed by atoms with Crippen molar-refractivity contribution in [2.45, 2.75) is 111 Å². The Hall–Kier alpha value is -4.35. The molecule has 8 rings (SSSR count). The number of nitrogens with zero attached hydrogens (tertiary/aromatic N) is 5. The van der Waals surface area contributed by atoms with E-state index in [-0.39, 0.29) is 37.3 Å². The summed E-state index contributed by atoms with van der Waals surface area (Å²) >= 11 is 0. The Kier molecular flexibility index (Phi) is 8.85. The minimum Gasteiger partial charge on any atom is -0.525 e. The Morgan fingerprint density at radius 1 is 0.796 bits per heavy atom. The maximum absolute atomic E-state index is 7.03. The van der Waals surface area contributed by atoms with Gasteiger partial charge in [0, 0.05) is 34.7 Å². The summed E-state index contributed by atoms with van der Waals surface area (Å²) in [7, 11) is 0. The molecule has 3 aromatic carbocycles. The van der Waals surface area contributed by atoms with E-state index in [1.54, 1.807) is 6.20 Å². The van der Waals surface area contributed by atoms with Crippen LogP contribution in [0.4, 0.5) is 0 Å². The van der Waals surface area contributed by atoms with Crippen molar-refractivity contribution in [1.29, 1.82) is 0 Å². The molecule has 0 bridgehead atoms. The van der Waals surface area contributed by atoms with Gasteiger partial charge in [-0.2, -0.15) is 6.07 Å². The van der Waals surface area contributed by atoms with Crippen LogP contribution in [0.1, 0.15) is 108 Å². The Bertz CT molecular complexity index is 2500. The van der Waals surface area contributed by atoms with Crippen molar-refractivity contribution in [3.05, 3.63) is 118 Å². The van der Waals surface area contributed by atoms with E-state index in [1.807, 2.05) is 24.4 Å². The van der Waals surface area contributed by atoms with E-state index in [0.29, 0.717) is 29.0 Å². The van der Waals surface area contributed by atoms with Crippen LogP contribution >= 0.6 is 0 Å². The molecular formula is C46H49N5O2Pt. The molecule has 0 saturated heterocycles. The summed E-state index contributed by atoms with van der Waals surface area (Å²) < 4.78 is 15.6. The van der Waals surface area contributed by atoms with Crippen LogP contribution in [0.15, 0.2) is 72.0 Å². The Labute approximate surface area is 333 Å². The average Bonchev–Trinajstić information content (AvgIpc) is 3.65. The summed E-state index contributed by atoms with van der Waals surface area (Å²) in [5.41, 5.74) is 8.39. The minimum absolute atomic E-state index is 0. The van der Waals surface area contributed by atoms with Crippen LogP contribution in [0, 0.1) is 31.4 Å². The second kappa shape index (κ2) is 12.6. The number of fused-ring (bicyclic) bond motifs is 6. The van der Waals surface area contributed by atoms with Crippen LogP contribution in [0.3, 0.4) is 0 Å². The van der Waals surface area contributed by atoms with Gasteiger partial charge in [-0.1, -0.05) is 92.1 Å². The summed E-state index contributed by atoms with van der Waals surface area (Å²) in [5.74, 6) is 1.97. The number of rotatable bonds is 4. The second-order valence-corrected chi connectivity index (χ2v) is 18.2. The molecule has 280 valence electrons. The van der Waals surface area contributed by atoms with Gasteiger partial charge in [0.15, 0.2) is 5.88 Å². The molecule has 0 unspecified atom stereocenters. The van der Waals surface area contributed by atoms with E-state index in [0.717, 1.165) is 33.9 Å². The SMILES string of the molecule is Cc1cc2c(cc1C)[C@@]1(C)N=C(c3[c-]c(Oc4[c-]c5c(cc4)c4cc(C(C)(C)C)ccc4n5-c4nccc(C(C)(C)C)n4)ncc3)O[C@@]1(C(C)(C)C)C2.[Pt+2]. The third-order valence-corrected chi connectivity index (χ3v) is 11.5. The molecule has 4 heterocycles. The predicted octanol–water partition coefficient (Wildman–Crippen LogP) is 10.6. The summed E-state index contributed by atoms with van der Waals surface area (Å²) in [6.07, 6.45) is 4.35. The topological polar surface area (TPSA) is 74.4 Å². The fourth-order valence-corrected chi connectivity index (χ4v) is 8.26. The van der Waals surface area contributed by atoms with Crippen molar-refractivity contribution in [3.8, 4) is 17.6 Å². The molecule has 0 saturated carbocycles. The molecule has 0 fully saturated rings. The normalized spacial score (nSPS) is 19.7. The van der Waals surface area contributed by atoms with Crippen molar-refractivity contribution in [1.82, 2.24) is 19.5 Å². The van der Waals surface area contributed by atoms with Crippen LogP contribution in [0.25, 0.3) is 27.8 Å². The van der Waals surface area contributed by atoms with Gasteiger partial charge in [0.1, 0.15) is 17.0 Å². The van der Waals surface area contributed by atoms with Crippen LogP contribution in [0.5, 0.6) is 11.6 Å². The largest absolute Gasteiger partial charge is 2.00 e. The van der Waals surface area contributed by atoms with Crippen molar-refractivity contribution in [2.75, 3.05) is 0 Å². The van der Waals surface area contributed by atoms with Crippen LogP contribution in [-0.4, -0.2) is 31.0 Å². The fourth-order valence-electron chi connectivity index (χ4n) is 8.26. The van der Waals surface area contributed by atoms with Crippen LogP contribution in [-0.2, 0) is 48.6 Å².